The SMILES string of the molecule is CCCc1c(O[C@H]2CCC[C@@H](Oc3ccc(CC(=O)O)cc3)C2)ccc(C(C)=O)c1O. The predicted octanol–water partition coefficient (Wildman–Crippen LogP) is 4.94. The monoisotopic (exact) mass is 426 g/mol. The number of carboxylic acid groups (broad SMARTS) is 1. The molecule has 0 saturated heterocycles. The van der Waals surface area contributed by atoms with Gasteiger partial charge in [-0.3, -0.25) is 9.59 Å². The summed E-state index contributed by atoms with van der Waals surface area (Å²) in [5, 5.41) is 19.4. The van der Waals surface area contributed by atoms with Gasteiger partial charge in [0.05, 0.1) is 12.0 Å². The molecule has 1 aliphatic carbocycles. The smallest absolute Gasteiger partial charge is 0.307 e. The maximum atomic E-state index is 11.8. The molecule has 2 N–H and O–H groups in total. The van der Waals surface area contributed by atoms with Gasteiger partial charge in [0.2, 0.25) is 0 Å². The summed E-state index contributed by atoms with van der Waals surface area (Å²) in [7, 11) is 0. The number of hydrogen-bond donors (Lipinski definition) is 2. The number of carboxylic acids is 1. The van der Waals surface area contributed by atoms with Crippen molar-refractivity contribution in [1.82, 2.24) is 0 Å². The molecule has 2 aromatic rings. The summed E-state index contributed by atoms with van der Waals surface area (Å²) < 4.78 is 12.4. The van der Waals surface area contributed by atoms with Crippen molar-refractivity contribution in [2.75, 3.05) is 0 Å². The Hall–Kier alpha value is -3.02. The molecule has 0 heterocycles. The number of rotatable bonds is 9. The molecule has 6 heteroatoms. The van der Waals surface area contributed by atoms with Crippen LogP contribution in [0.2, 0.25) is 0 Å². The molecule has 0 aliphatic heterocycles. The van der Waals surface area contributed by atoms with Crippen LogP contribution in [0.15, 0.2) is 36.4 Å². The molecule has 31 heavy (non-hydrogen) atoms. The summed E-state index contributed by atoms with van der Waals surface area (Å²) in [6.45, 7) is 3.47. The number of aromatic hydroxyl groups is 1. The minimum absolute atomic E-state index is 0.00351. The Morgan fingerprint density at radius 2 is 1.71 bits per heavy atom. The van der Waals surface area contributed by atoms with Gasteiger partial charge in [-0.2, -0.15) is 0 Å². The number of hydrogen-bond acceptors (Lipinski definition) is 5. The summed E-state index contributed by atoms with van der Waals surface area (Å²) in [6.07, 6.45) is 4.94. The maximum Gasteiger partial charge on any atom is 0.307 e. The Kier molecular flexibility index (Phi) is 7.55. The van der Waals surface area contributed by atoms with Gasteiger partial charge in [0.25, 0.3) is 0 Å². The normalized spacial score (nSPS) is 18.4. The van der Waals surface area contributed by atoms with Crippen molar-refractivity contribution in [1.29, 1.82) is 0 Å². The number of carbonyl (C=O) groups is 2. The number of phenols is 1. The van der Waals surface area contributed by atoms with E-state index in [-0.39, 0.29) is 30.2 Å². The molecule has 166 valence electrons. The van der Waals surface area contributed by atoms with E-state index in [1.54, 1.807) is 36.4 Å². The molecule has 0 spiro atoms. The van der Waals surface area contributed by atoms with E-state index in [4.69, 9.17) is 14.6 Å². The lowest BCUT2D eigenvalue weighted by molar-refractivity contribution is -0.136. The van der Waals surface area contributed by atoms with Crippen molar-refractivity contribution in [2.45, 2.75) is 71.0 Å². The molecule has 0 unspecified atom stereocenters. The van der Waals surface area contributed by atoms with Crippen molar-refractivity contribution >= 4 is 11.8 Å². The third-order valence-electron chi connectivity index (χ3n) is 5.57. The zero-order chi connectivity index (χ0) is 22.4. The molecule has 0 radical (unpaired) electrons. The van der Waals surface area contributed by atoms with Crippen LogP contribution < -0.4 is 9.47 Å². The lowest BCUT2D eigenvalue weighted by atomic mass is 9.94. The zero-order valence-electron chi connectivity index (χ0n) is 18.1. The van der Waals surface area contributed by atoms with Gasteiger partial charge in [0.15, 0.2) is 5.78 Å². The number of aliphatic carboxylic acids is 1. The number of ether oxygens (including phenoxy) is 2. The average Bonchev–Trinajstić information content (AvgIpc) is 2.72. The van der Waals surface area contributed by atoms with Crippen molar-refractivity contribution < 1.29 is 29.3 Å². The first-order valence-electron chi connectivity index (χ1n) is 10.9. The summed E-state index contributed by atoms with van der Waals surface area (Å²) in [5.74, 6) is 0.354. The molecule has 1 saturated carbocycles. The Morgan fingerprint density at radius 3 is 2.32 bits per heavy atom. The van der Waals surface area contributed by atoms with E-state index in [0.717, 1.165) is 43.4 Å². The van der Waals surface area contributed by atoms with Gasteiger partial charge >= 0.3 is 5.97 Å². The minimum atomic E-state index is -0.856. The van der Waals surface area contributed by atoms with Crippen LogP contribution in [0.4, 0.5) is 0 Å². The molecule has 0 aromatic heterocycles. The van der Waals surface area contributed by atoms with E-state index in [1.807, 2.05) is 6.92 Å². The first kappa shape index (κ1) is 22.7. The topological polar surface area (TPSA) is 93.1 Å². The first-order valence-corrected chi connectivity index (χ1v) is 10.9. The summed E-state index contributed by atoms with van der Waals surface area (Å²) in [4.78, 5) is 22.6. The molecular formula is C25H30O6. The third kappa shape index (κ3) is 6.00. The van der Waals surface area contributed by atoms with Crippen molar-refractivity contribution in [2.24, 2.45) is 0 Å². The molecule has 1 aliphatic rings. The average molecular weight is 427 g/mol. The van der Waals surface area contributed by atoms with Crippen molar-refractivity contribution in [3.05, 3.63) is 53.1 Å². The summed E-state index contributed by atoms with van der Waals surface area (Å²) in [5.41, 5.74) is 1.75. The molecule has 6 nitrogen and oxygen atoms in total. The molecule has 0 amide bonds. The molecule has 2 atom stereocenters. The fraction of sp³-hybridized carbons (Fsp3) is 0.440. The van der Waals surface area contributed by atoms with Gasteiger partial charge in [-0.1, -0.05) is 25.5 Å². The van der Waals surface area contributed by atoms with Gasteiger partial charge < -0.3 is 19.7 Å². The van der Waals surface area contributed by atoms with E-state index in [0.29, 0.717) is 23.3 Å². The Morgan fingerprint density at radius 1 is 1.03 bits per heavy atom. The summed E-state index contributed by atoms with van der Waals surface area (Å²) in [6, 6.07) is 10.6. The minimum Gasteiger partial charge on any atom is -0.507 e. The van der Waals surface area contributed by atoms with Crippen molar-refractivity contribution in [3.63, 3.8) is 0 Å². The highest BCUT2D eigenvalue weighted by molar-refractivity contribution is 5.97. The molecule has 0 bridgehead atoms. The fourth-order valence-corrected chi connectivity index (χ4v) is 4.05. The number of phenolic OH excluding ortho intramolecular Hbond substituents is 1. The molecule has 1 fully saturated rings. The standard InChI is InChI=1S/C25H30O6/c1-3-5-22-23(13-12-21(16(2)26)25(22)29)31-20-7-4-6-19(15-20)30-18-10-8-17(9-11-18)14-24(27)28/h8-13,19-20,29H,3-7,14-15H2,1-2H3,(H,27,28)/t19-,20+/m1/s1. The van der Waals surface area contributed by atoms with Crippen LogP contribution in [-0.4, -0.2) is 34.2 Å². The Bertz CT molecular complexity index is 918. The Labute approximate surface area is 182 Å². The molecule has 3 rings (SSSR count). The Balaban J connectivity index is 1.66. The van der Waals surface area contributed by atoms with E-state index in [9.17, 15) is 14.7 Å². The number of carbonyl (C=O) groups excluding carboxylic acids is 1. The number of benzene rings is 2. The van der Waals surface area contributed by atoms with Crippen LogP contribution in [0.25, 0.3) is 0 Å². The highest BCUT2D eigenvalue weighted by atomic mass is 16.5. The lowest BCUT2D eigenvalue weighted by Gasteiger charge is -2.31. The van der Waals surface area contributed by atoms with Gasteiger partial charge in [-0.25, -0.2) is 0 Å². The first-order chi connectivity index (χ1) is 14.9. The second-order valence-corrected chi connectivity index (χ2v) is 8.11. The quantitative estimate of drug-likeness (QED) is 0.552. The predicted molar refractivity (Wildman–Crippen MR) is 117 cm³/mol. The number of ketones is 1. The third-order valence-corrected chi connectivity index (χ3v) is 5.57. The van der Waals surface area contributed by atoms with Crippen LogP contribution in [-0.2, 0) is 17.6 Å². The van der Waals surface area contributed by atoms with Crippen LogP contribution in [0.1, 0.15) is 67.4 Å². The highest BCUT2D eigenvalue weighted by Crippen LogP contribution is 2.35. The van der Waals surface area contributed by atoms with Gasteiger partial charge in [0.1, 0.15) is 29.5 Å². The van der Waals surface area contributed by atoms with E-state index >= 15 is 0 Å². The van der Waals surface area contributed by atoms with Crippen molar-refractivity contribution in [3.8, 4) is 17.2 Å². The lowest BCUT2D eigenvalue weighted by Crippen LogP contribution is -2.32. The number of Topliss-reactive ketones (excluding diaryl/α,β-unsaturated/α-hetero) is 1. The zero-order valence-corrected chi connectivity index (χ0v) is 18.1. The van der Waals surface area contributed by atoms with E-state index in [1.165, 1.54) is 6.92 Å². The second kappa shape index (κ2) is 10.3. The van der Waals surface area contributed by atoms with E-state index < -0.39 is 5.97 Å². The van der Waals surface area contributed by atoms with Crippen LogP contribution in [0.5, 0.6) is 17.2 Å². The second-order valence-electron chi connectivity index (χ2n) is 8.11. The van der Waals surface area contributed by atoms with Crippen LogP contribution >= 0.6 is 0 Å². The van der Waals surface area contributed by atoms with E-state index in [2.05, 4.69) is 0 Å². The van der Waals surface area contributed by atoms with Crippen LogP contribution in [0, 0.1) is 0 Å². The maximum absolute atomic E-state index is 11.8. The van der Waals surface area contributed by atoms with Gasteiger partial charge in [0, 0.05) is 12.0 Å². The molecule has 2 aromatic carbocycles. The largest absolute Gasteiger partial charge is 0.507 e. The molecular weight excluding hydrogens is 396 g/mol. The summed E-state index contributed by atoms with van der Waals surface area (Å²) >= 11 is 0. The van der Waals surface area contributed by atoms with Crippen LogP contribution in [0.3, 0.4) is 0 Å². The fourth-order valence-electron chi connectivity index (χ4n) is 4.05. The highest BCUT2D eigenvalue weighted by Gasteiger charge is 2.26. The van der Waals surface area contributed by atoms with Gasteiger partial charge in [-0.05, 0) is 62.4 Å². The van der Waals surface area contributed by atoms with Gasteiger partial charge in [-0.15, -0.1) is 0 Å².